The first-order chi connectivity index (χ1) is 10.8. The van der Waals surface area contributed by atoms with Crippen molar-refractivity contribution in [2.75, 3.05) is 0 Å². The summed E-state index contributed by atoms with van der Waals surface area (Å²) in [7, 11) is 0. The Morgan fingerprint density at radius 1 is 1.43 bits per heavy atom. The minimum absolute atomic E-state index is 0.0353. The largest absolute Gasteiger partial charge is 0.392 e. The number of fused-ring (bicyclic) bond motifs is 3. The summed E-state index contributed by atoms with van der Waals surface area (Å²) in [5, 5.41) is 10.6. The third-order valence-electron chi connectivity index (χ3n) is 5.23. The molecule has 3 fully saturated rings. The first-order valence-electron chi connectivity index (χ1n) is 7.66. The summed E-state index contributed by atoms with van der Waals surface area (Å²) in [6.45, 7) is 1.29. The first-order valence-corrected chi connectivity index (χ1v) is 8.04. The molecule has 0 heterocycles. The average Bonchev–Trinajstić information content (AvgIpc) is 2.49. The molecule has 0 saturated heterocycles. The van der Waals surface area contributed by atoms with Gasteiger partial charge < -0.3 is 15.7 Å². The lowest BCUT2D eigenvalue weighted by Gasteiger charge is -2.55. The number of hydrogen-bond acceptors (Lipinski definition) is 4. The SMILES string of the molecule is CC(=O)NOc1ccc(Cl)c(F)c1C12CCC(N)(CC1)C[C@@H]2O. The Hall–Kier alpha value is -1.37. The van der Waals surface area contributed by atoms with Crippen LogP contribution >= 0.6 is 11.6 Å². The second kappa shape index (κ2) is 5.61. The van der Waals surface area contributed by atoms with Crippen molar-refractivity contribution >= 4 is 17.5 Å². The normalized spacial score (nSPS) is 32.7. The van der Waals surface area contributed by atoms with Gasteiger partial charge in [0.05, 0.1) is 11.1 Å². The highest BCUT2D eigenvalue weighted by Gasteiger charge is 2.55. The van der Waals surface area contributed by atoms with Crippen molar-refractivity contribution in [3.63, 3.8) is 0 Å². The van der Waals surface area contributed by atoms with Gasteiger partial charge in [-0.2, -0.15) is 5.48 Å². The quantitative estimate of drug-likeness (QED) is 0.735. The van der Waals surface area contributed by atoms with Gasteiger partial charge in [-0.15, -0.1) is 0 Å². The summed E-state index contributed by atoms with van der Waals surface area (Å²) in [6.07, 6.45) is 2.16. The number of aliphatic hydroxyl groups is 1. The molecule has 23 heavy (non-hydrogen) atoms. The topological polar surface area (TPSA) is 84.6 Å². The molecule has 0 unspecified atom stereocenters. The number of carbonyl (C=O) groups is 1. The number of amides is 1. The van der Waals surface area contributed by atoms with Crippen LogP contribution in [0.5, 0.6) is 5.75 Å². The predicted molar refractivity (Wildman–Crippen MR) is 83.5 cm³/mol. The van der Waals surface area contributed by atoms with Crippen LogP contribution in [-0.2, 0) is 10.2 Å². The number of nitrogens with two attached hydrogens (primary N) is 1. The molecule has 0 aromatic heterocycles. The van der Waals surface area contributed by atoms with E-state index in [0.29, 0.717) is 32.1 Å². The molecule has 3 aliphatic rings. The number of rotatable bonds is 3. The van der Waals surface area contributed by atoms with Crippen LogP contribution in [-0.4, -0.2) is 22.7 Å². The smallest absolute Gasteiger partial charge is 0.249 e. The maximum absolute atomic E-state index is 14.8. The average molecular weight is 343 g/mol. The highest BCUT2D eigenvalue weighted by Crippen LogP contribution is 2.55. The van der Waals surface area contributed by atoms with Crippen LogP contribution in [0, 0.1) is 5.82 Å². The second-order valence-electron chi connectivity index (χ2n) is 6.73. The third kappa shape index (κ3) is 2.69. The molecule has 0 spiro atoms. The minimum Gasteiger partial charge on any atom is -0.392 e. The van der Waals surface area contributed by atoms with Gasteiger partial charge in [-0.1, -0.05) is 11.6 Å². The van der Waals surface area contributed by atoms with E-state index >= 15 is 0 Å². The Morgan fingerprint density at radius 2 is 2.09 bits per heavy atom. The van der Waals surface area contributed by atoms with Crippen molar-refractivity contribution < 1.29 is 19.1 Å². The lowest BCUT2D eigenvalue weighted by Crippen LogP contribution is -2.61. The maximum atomic E-state index is 14.8. The zero-order valence-corrected chi connectivity index (χ0v) is 13.6. The van der Waals surface area contributed by atoms with E-state index in [-0.39, 0.29) is 21.9 Å². The molecule has 1 amide bonds. The van der Waals surface area contributed by atoms with E-state index in [2.05, 4.69) is 5.48 Å². The number of aliphatic hydroxyl groups excluding tert-OH is 1. The van der Waals surface area contributed by atoms with Gasteiger partial charge >= 0.3 is 0 Å². The summed E-state index contributed by atoms with van der Waals surface area (Å²) < 4.78 is 14.8. The van der Waals surface area contributed by atoms with Gasteiger partial charge in [0, 0.05) is 23.4 Å². The molecule has 7 heteroatoms. The van der Waals surface area contributed by atoms with Crippen molar-refractivity contribution in [2.24, 2.45) is 5.73 Å². The maximum Gasteiger partial charge on any atom is 0.249 e. The van der Waals surface area contributed by atoms with Crippen LogP contribution in [0.15, 0.2) is 12.1 Å². The zero-order valence-electron chi connectivity index (χ0n) is 12.9. The molecule has 126 valence electrons. The van der Waals surface area contributed by atoms with Crippen LogP contribution in [0.2, 0.25) is 5.02 Å². The molecule has 4 N–H and O–H groups in total. The van der Waals surface area contributed by atoms with Gasteiger partial charge in [0.2, 0.25) is 5.91 Å². The van der Waals surface area contributed by atoms with E-state index in [1.54, 1.807) is 0 Å². The van der Waals surface area contributed by atoms with Crippen molar-refractivity contribution in [2.45, 2.75) is 56.1 Å². The van der Waals surface area contributed by atoms with Crippen LogP contribution < -0.4 is 16.1 Å². The molecule has 1 atom stereocenters. The summed E-state index contributed by atoms with van der Waals surface area (Å²) >= 11 is 5.95. The van der Waals surface area contributed by atoms with Crippen molar-refractivity contribution in [1.82, 2.24) is 5.48 Å². The Morgan fingerprint density at radius 3 is 2.65 bits per heavy atom. The number of carbonyl (C=O) groups excluding carboxylic acids is 1. The molecule has 3 saturated carbocycles. The van der Waals surface area contributed by atoms with Gasteiger partial charge in [-0.05, 0) is 44.2 Å². The fourth-order valence-electron chi connectivity index (χ4n) is 3.94. The van der Waals surface area contributed by atoms with Gasteiger partial charge in [0.15, 0.2) is 5.75 Å². The summed E-state index contributed by atoms with van der Waals surface area (Å²) in [4.78, 5) is 16.4. The van der Waals surface area contributed by atoms with Gasteiger partial charge in [0.25, 0.3) is 0 Å². The molecule has 0 aliphatic heterocycles. The lowest BCUT2D eigenvalue weighted by molar-refractivity contribution is -0.125. The molecule has 4 rings (SSSR count). The predicted octanol–water partition coefficient (Wildman–Crippen LogP) is 2.18. The van der Waals surface area contributed by atoms with Crippen LogP contribution in [0.4, 0.5) is 4.39 Å². The Bertz CT molecular complexity index is 644. The third-order valence-corrected chi connectivity index (χ3v) is 5.53. The van der Waals surface area contributed by atoms with E-state index in [1.807, 2.05) is 0 Å². The van der Waals surface area contributed by atoms with E-state index < -0.39 is 23.2 Å². The number of nitrogens with one attached hydrogen (secondary N) is 1. The molecule has 1 aromatic rings. The molecular weight excluding hydrogens is 323 g/mol. The summed E-state index contributed by atoms with van der Waals surface area (Å²) in [6, 6.07) is 2.89. The number of benzene rings is 1. The molecule has 5 nitrogen and oxygen atoms in total. The molecule has 2 bridgehead atoms. The molecular formula is C16H20ClFN2O3. The Labute approximate surface area is 138 Å². The van der Waals surface area contributed by atoms with Gasteiger partial charge in [-0.3, -0.25) is 4.79 Å². The van der Waals surface area contributed by atoms with E-state index in [1.165, 1.54) is 19.1 Å². The van der Waals surface area contributed by atoms with Crippen LogP contribution in [0.3, 0.4) is 0 Å². The Balaban J connectivity index is 2.07. The fourth-order valence-corrected chi connectivity index (χ4v) is 4.09. The summed E-state index contributed by atoms with van der Waals surface area (Å²) in [5.41, 5.74) is 7.53. The zero-order chi connectivity index (χ0) is 16.8. The summed E-state index contributed by atoms with van der Waals surface area (Å²) in [5.74, 6) is -0.842. The lowest BCUT2D eigenvalue weighted by atomic mass is 9.53. The first kappa shape index (κ1) is 16.5. The van der Waals surface area contributed by atoms with Crippen molar-refractivity contribution in [3.8, 4) is 5.75 Å². The number of hydroxylamine groups is 1. The minimum atomic E-state index is -0.788. The molecule has 0 radical (unpaired) electrons. The van der Waals surface area contributed by atoms with Crippen molar-refractivity contribution in [3.05, 3.63) is 28.5 Å². The highest BCUT2D eigenvalue weighted by molar-refractivity contribution is 6.30. The fraction of sp³-hybridized carbons (Fsp3) is 0.562. The van der Waals surface area contributed by atoms with Crippen LogP contribution in [0.1, 0.15) is 44.6 Å². The number of halogens is 2. The van der Waals surface area contributed by atoms with E-state index in [0.717, 1.165) is 0 Å². The van der Waals surface area contributed by atoms with E-state index in [9.17, 15) is 14.3 Å². The molecule has 1 aromatic carbocycles. The monoisotopic (exact) mass is 342 g/mol. The van der Waals surface area contributed by atoms with E-state index in [4.69, 9.17) is 22.2 Å². The van der Waals surface area contributed by atoms with Gasteiger partial charge in [0.1, 0.15) is 5.82 Å². The standard InChI is InChI=1S/C16H20ClFN2O3/c1-9(21)20-23-11-3-2-10(17)14(18)13(11)16-6-4-15(19,5-7-16)8-12(16)22/h2-3,12,22H,4-8,19H2,1H3,(H,20,21)/t12-,15?,16?/m0/s1. The van der Waals surface area contributed by atoms with Gasteiger partial charge in [-0.25, -0.2) is 4.39 Å². The Kier molecular flexibility index (Phi) is 4.02. The highest BCUT2D eigenvalue weighted by atomic mass is 35.5. The second-order valence-corrected chi connectivity index (χ2v) is 7.14. The number of hydrogen-bond donors (Lipinski definition) is 3. The van der Waals surface area contributed by atoms with Crippen molar-refractivity contribution in [1.29, 1.82) is 0 Å². The molecule has 3 aliphatic carbocycles. The van der Waals surface area contributed by atoms with Crippen LogP contribution in [0.25, 0.3) is 0 Å².